The molecule has 100 valence electrons. The quantitative estimate of drug-likeness (QED) is 0.605. The summed E-state index contributed by atoms with van der Waals surface area (Å²) in [5.74, 6) is 0. The van der Waals surface area contributed by atoms with Crippen LogP contribution in [-0.4, -0.2) is 0 Å². The molecular weight excluding hydrogens is 248 g/mol. The number of benzene rings is 2. The average molecular weight is 264 g/mol. The Morgan fingerprint density at radius 1 is 0.850 bits per heavy atom. The SMILES string of the molecule is CC=Cc1ccccc1.O=c1ccc2ccccc2o1. The van der Waals surface area contributed by atoms with E-state index in [-0.39, 0.29) is 5.63 Å². The second kappa shape index (κ2) is 7.10. The van der Waals surface area contributed by atoms with Crippen LogP contribution in [-0.2, 0) is 0 Å². The molecule has 0 bridgehead atoms. The summed E-state index contributed by atoms with van der Waals surface area (Å²) in [6, 6.07) is 20.9. The largest absolute Gasteiger partial charge is 0.423 e. The van der Waals surface area contributed by atoms with Crippen molar-refractivity contribution in [3.05, 3.63) is 88.8 Å². The molecule has 3 aromatic rings. The maximum atomic E-state index is 10.7. The van der Waals surface area contributed by atoms with Crippen LogP contribution >= 0.6 is 0 Å². The first kappa shape index (κ1) is 13.8. The summed E-state index contributed by atoms with van der Waals surface area (Å²) in [6.07, 6.45) is 4.12. The molecule has 0 aliphatic rings. The molecule has 0 N–H and O–H groups in total. The van der Waals surface area contributed by atoms with Gasteiger partial charge in [-0.15, -0.1) is 0 Å². The number of allylic oxidation sites excluding steroid dienone is 1. The molecule has 0 saturated heterocycles. The van der Waals surface area contributed by atoms with Gasteiger partial charge in [-0.25, -0.2) is 4.79 Å². The van der Waals surface area contributed by atoms with E-state index < -0.39 is 0 Å². The summed E-state index contributed by atoms with van der Waals surface area (Å²) in [5.41, 5.74) is 1.60. The normalized spacial score (nSPS) is 10.2. The summed E-state index contributed by atoms with van der Waals surface area (Å²) < 4.78 is 4.91. The van der Waals surface area contributed by atoms with E-state index in [9.17, 15) is 4.79 Å². The lowest BCUT2D eigenvalue weighted by Gasteiger charge is -1.91. The van der Waals surface area contributed by atoms with E-state index in [1.165, 1.54) is 11.6 Å². The van der Waals surface area contributed by atoms with Gasteiger partial charge in [0.1, 0.15) is 5.58 Å². The van der Waals surface area contributed by atoms with Crippen LogP contribution in [0.2, 0.25) is 0 Å². The maximum absolute atomic E-state index is 10.7. The van der Waals surface area contributed by atoms with E-state index in [0.29, 0.717) is 5.58 Å². The van der Waals surface area contributed by atoms with E-state index >= 15 is 0 Å². The van der Waals surface area contributed by atoms with Gasteiger partial charge in [0, 0.05) is 11.5 Å². The van der Waals surface area contributed by atoms with Crippen molar-refractivity contribution in [3.63, 3.8) is 0 Å². The molecule has 0 fully saturated rings. The lowest BCUT2D eigenvalue weighted by Crippen LogP contribution is -1.93. The van der Waals surface area contributed by atoms with Gasteiger partial charge < -0.3 is 4.42 Å². The fourth-order valence-corrected chi connectivity index (χ4v) is 1.77. The van der Waals surface area contributed by atoms with Gasteiger partial charge in [0.05, 0.1) is 0 Å². The monoisotopic (exact) mass is 264 g/mol. The van der Waals surface area contributed by atoms with Crippen molar-refractivity contribution in [1.29, 1.82) is 0 Å². The Kier molecular flexibility index (Phi) is 4.90. The van der Waals surface area contributed by atoms with E-state index in [4.69, 9.17) is 4.42 Å². The number of fused-ring (bicyclic) bond motifs is 1. The predicted octanol–water partition coefficient (Wildman–Crippen LogP) is 4.51. The Balaban J connectivity index is 0.000000151. The molecule has 0 amide bonds. The van der Waals surface area contributed by atoms with E-state index in [1.54, 1.807) is 12.1 Å². The minimum Gasteiger partial charge on any atom is -0.423 e. The van der Waals surface area contributed by atoms with Crippen molar-refractivity contribution in [2.24, 2.45) is 0 Å². The first-order valence-corrected chi connectivity index (χ1v) is 6.46. The molecule has 20 heavy (non-hydrogen) atoms. The first-order chi connectivity index (χ1) is 9.79. The summed E-state index contributed by atoms with van der Waals surface area (Å²) in [4.78, 5) is 10.7. The van der Waals surface area contributed by atoms with Crippen LogP contribution in [0.15, 0.2) is 82.0 Å². The number of para-hydroxylation sites is 1. The Morgan fingerprint density at radius 2 is 1.55 bits per heavy atom. The van der Waals surface area contributed by atoms with Gasteiger partial charge in [0.2, 0.25) is 0 Å². The predicted molar refractivity (Wildman–Crippen MR) is 83.6 cm³/mol. The Hall–Kier alpha value is -2.61. The fraction of sp³-hybridized carbons (Fsp3) is 0.0556. The topological polar surface area (TPSA) is 30.2 Å². The van der Waals surface area contributed by atoms with Crippen molar-refractivity contribution >= 4 is 17.0 Å². The number of rotatable bonds is 1. The molecule has 2 nitrogen and oxygen atoms in total. The summed E-state index contributed by atoms with van der Waals surface area (Å²) in [5, 5.41) is 0.951. The molecule has 1 heterocycles. The Labute approximate surface area is 118 Å². The highest BCUT2D eigenvalue weighted by Crippen LogP contribution is 2.08. The molecule has 1 aromatic heterocycles. The standard InChI is InChI=1S/C9H6O2.C9H10/c10-9-6-5-7-3-1-2-4-8(7)11-9;1-2-6-9-7-4-3-5-8-9/h1-6H;2-8H,1H3. The van der Waals surface area contributed by atoms with Gasteiger partial charge in [-0.1, -0.05) is 60.7 Å². The van der Waals surface area contributed by atoms with Gasteiger partial charge in [-0.3, -0.25) is 0 Å². The third kappa shape index (κ3) is 3.95. The zero-order chi connectivity index (χ0) is 14.2. The highest BCUT2D eigenvalue weighted by molar-refractivity contribution is 5.75. The second-order valence-corrected chi connectivity index (χ2v) is 4.20. The molecule has 2 aromatic carbocycles. The van der Waals surface area contributed by atoms with Crippen LogP contribution < -0.4 is 5.63 Å². The zero-order valence-corrected chi connectivity index (χ0v) is 11.3. The Bertz CT molecular complexity index is 740. The van der Waals surface area contributed by atoms with Gasteiger partial charge in [-0.2, -0.15) is 0 Å². The van der Waals surface area contributed by atoms with Crippen LogP contribution in [0, 0.1) is 0 Å². The van der Waals surface area contributed by atoms with Gasteiger partial charge in [0.15, 0.2) is 0 Å². The molecule has 0 radical (unpaired) electrons. The summed E-state index contributed by atoms with van der Waals surface area (Å²) in [7, 11) is 0. The first-order valence-electron chi connectivity index (χ1n) is 6.46. The van der Waals surface area contributed by atoms with E-state index in [2.05, 4.69) is 18.2 Å². The molecule has 3 rings (SSSR count). The van der Waals surface area contributed by atoms with Crippen LogP contribution in [0.4, 0.5) is 0 Å². The molecular formula is C18H16O2. The van der Waals surface area contributed by atoms with Crippen LogP contribution in [0.1, 0.15) is 12.5 Å². The lowest BCUT2D eigenvalue weighted by atomic mass is 10.2. The van der Waals surface area contributed by atoms with Gasteiger partial charge >= 0.3 is 5.63 Å². The van der Waals surface area contributed by atoms with E-state index in [1.807, 2.05) is 49.4 Å². The average Bonchev–Trinajstić information content (AvgIpc) is 2.49. The second-order valence-electron chi connectivity index (χ2n) is 4.20. The Morgan fingerprint density at radius 3 is 2.30 bits per heavy atom. The number of hydrogen-bond donors (Lipinski definition) is 0. The third-order valence-corrected chi connectivity index (χ3v) is 2.69. The third-order valence-electron chi connectivity index (χ3n) is 2.69. The van der Waals surface area contributed by atoms with Crippen molar-refractivity contribution in [1.82, 2.24) is 0 Å². The molecule has 0 unspecified atom stereocenters. The number of hydrogen-bond acceptors (Lipinski definition) is 2. The van der Waals surface area contributed by atoms with Crippen molar-refractivity contribution in [2.75, 3.05) is 0 Å². The molecule has 0 spiro atoms. The minimum absolute atomic E-state index is 0.302. The van der Waals surface area contributed by atoms with Crippen molar-refractivity contribution in [3.8, 4) is 0 Å². The van der Waals surface area contributed by atoms with Gasteiger partial charge in [0.25, 0.3) is 0 Å². The minimum atomic E-state index is -0.302. The highest BCUT2D eigenvalue weighted by Gasteiger charge is 1.92. The van der Waals surface area contributed by atoms with E-state index in [0.717, 1.165) is 5.39 Å². The van der Waals surface area contributed by atoms with Crippen molar-refractivity contribution in [2.45, 2.75) is 6.92 Å². The molecule has 0 aliphatic heterocycles. The van der Waals surface area contributed by atoms with Gasteiger partial charge in [-0.05, 0) is 24.6 Å². The smallest absolute Gasteiger partial charge is 0.336 e. The highest BCUT2D eigenvalue weighted by atomic mass is 16.4. The zero-order valence-electron chi connectivity index (χ0n) is 11.3. The van der Waals surface area contributed by atoms with Crippen molar-refractivity contribution < 1.29 is 4.42 Å². The molecule has 0 atom stereocenters. The van der Waals surface area contributed by atoms with Crippen LogP contribution in [0.25, 0.3) is 17.0 Å². The van der Waals surface area contributed by atoms with Crippen LogP contribution in [0.3, 0.4) is 0 Å². The molecule has 0 aliphatic carbocycles. The summed E-state index contributed by atoms with van der Waals surface area (Å²) >= 11 is 0. The molecule has 0 saturated carbocycles. The molecule has 2 heteroatoms. The fourth-order valence-electron chi connectivity index (χ4n) is 1.77. The summed E-state index contributed by atoms with van der Waals surface area (Å²) in [6.45, 7) is 2.02. The lowest BCUT2D eigenvalue weighted by molar-refractivity contribution is 0.561. The maximum Gasteiger partial charge on any atom is 0.336 e. The van der Waals surface area contributed by atoms with Crippen LogP contribution in [0.5, 0.6) is 0 Å².